The number of fused-ring (bicyclic) bond motifs is 2. The van der Waals surface area contributed by atoms with Crippen LogP contribution in [-0.4, -0.2) is 57.2 Å². The van der Waals surface area contributed by atoms with Crippen molar-refractivity contribution in [1.29, 1.82) is 0 Å². The van der Waals surface area contributed by atoms with Crippen LogP contribution in [0.2, 0.25) is 0 Å². The molecule has 2 aliphatic rings. The maximum Gasteiger partial charge on any atom is 0.169 e. The second-order valence-electron chi connectivity index (χ2n) is 8.39. The minimum atomic E-state index is 0.0530. The van der Waals surface area contributed by atoms with Crippen molar-refractivity contribution in [3.8, 4) is 28.8 Å². The zero-order valence-corrected chi connectivity index (χ0v) is 18.2. The van der Waals surface area contributed by atoms with E-state index >= 15 is 0 Å². The van der Waals surface area contributed by atoms with Gasteiger partial charge in [-0.05, 0) is 49.1 Å². The van der Waals surface area contributed by atoms with Crippen molar-refractivity contribution in [2.45, 2.75) is 31.3 Å². The quantitative estimate of drug-likeness (QED) is 0.528. The van der Waals surface area contributed by atoms with E-state index in [0.717, 1.165) is 43.0 Å². The summed E-state index contributed by atoms with van der Waals surface area (Å²) in [4.78, 5) is 9.12. The second-order valence-corrected chi connectivity index (χ2v) is 8.39. The number of aliphatic hydroxyl groups is 1. The molecule has 2 saturated heterocycles. The van der Waals surface area contributed by atoms with E-state index in [4.69, 9.17) is 10.8 Å². The number of hydrogen-bond acceptors (Lipinski definition) is 8. The number of hydrogen-bond donors (Lipinski definition) is 3. The largest absolute Gasteiger partial charge is 0.507 e. The lowest BCUT2D eigenvalue weighted by molar-refractivity contribution is 0.305. The standard InChI is InChI=1S/C25H26N6O2/c26-25-23(14-22(28-29-25)21-6-1-2-7-24(21)33)30-15-19-8-9-20(16-30)31(19)18-10-11-27-17(13-18)5-3-4-12-32/h1-2,6-7,10-11,13-14,19-20,32-33H,4,8-9,12,15-16H2,(H2,26,29). The molecule has 8 nitrogen and oxygen atoms in total. The van der Waals surface area contributed by atoms with Crippen LogP contribution in [0.5, 0.6) is 5.75 Å². The minimum Gasteiger partial charge on any atom is -0.507 e. The number of phenolic OH excluding ortho intramolecular Hbond substituents is 1. The van der Waals surface area contributed by atoms with E-state index in [1.54, 1.807) is 18.3 Å². The first kappa shape index (κ1) is 21.0. The summed E-state index contributed by atoms with van der Waals surface area (Å²) in [5, 5.41) is 27.6. The first-order chi connectivity index (χ1) is 16.1. The molecule has 4 N–H and O–H groups in total. The van der Waals surface area contributed by atoms with E-state index < -0.39 is 0 Å². The van der Waals surface area contributed by atoms with Crippen molar-refractivity contribution in [3.63, 3.8) is 0 Å². The molecule has 0 aliphatic carbocycles. The molecule has 2 aromatic heterocycles. The van der Waals surface area contributed by atoms with E-state index in [2.05, 4.69) is 36.8 Å². The van der Waals surface area contributed by atoms with Crippen LogP contribution < -0.4 is 15.5 Å². The van der Waals surface area contributed by atoms with Crippen LogP contribution in [0.1, 0.15) is 25.0 Å². The normalized spacial score (nSPS) is 19.3. The third kappa shape index (κ3) is 4.15. The van der Waals surface area contributed by atoms with Crippen molar-refractivity contribution in [1.82, 2.24) is 15.2 Å². The van der Waals surface area contributed by atoms with Gasteiger partial charge in [0.15, 0.2) is 5.82 Å². The lowest BCUT2D eigenvalue weighted by atomic mass is 10.1. The Labute approximate surface area is 192 Å². The fourth-order valence-electron chi connectivity index (χ4n) is 4.84. The van der Waals surface area contributed by atoms with Gasteiger partial charge in [-0.15, -0.1) is 10.2 Å². The Morgan fingerprint density at radius 2 is 1.85 bits per heavy atom. The molecular weight excluding hydrogens is 416 g/mol. The van der Waals surface area contributed by atoms with Crippen LogP contribution in [0, 0.1) is 11.8 Å². The molecule has 2 aliphatic heterocycles. The monoisotopic (exact) mass is 442 g/mol. The summed E-state index contributed by atoms with van der Waals surface area (Å²) in [5.74, 6) is 6.54. The van der Waals surface area contributed by atoms with E-state index in [9.17, 15) is 5.11 Å². The number of aliphatic hydroxyl groups excluding tert-OH is 1. The molecule has 2 bridgehead atoms. The fourth-order valence-corrected chi connectivity index (χ4v) is 4.84. The highest BCUT2D eigenvalue weighted by Crippen LogP contribution is 2.38. The average Bonchev–Trinajstić information content (AvgIpc) is 3.10. The van der Waals surface area contributed by atoms with Crippen LogP contribution in [-0.2, 0) is 0 Å². The predicted molar refractivity (Wildman–Crippen MR) is 128 cm³/mol. The molecule has 0 saturated carbocycles. The van der Waals surface area contributed by atoms with Gasteiger partial charge < -0.3 is 25.7 Å². The molecule has 0 spiro atoms. The molecule has 168 valence electrons. The first-order valence-electron chi connectivity index (χ1n) is 11.1. The second kappa shape index (κ2) is 8.96. The lowest BCUT2D eigenvalue weighted by Gasteiger charge is -2.43. The number of aromatic hydroxyl groups is 1. The minimum absolute atomic E-state index is 0.0530. The number of rotatable bonds is 4. The molecule has 1 aromatic carbocycles. The molecule has 33 heavy (non-hydrogen) atoms. The van der Waals surface area contributed by atoms with Crippen molar-refractivity contribution in [2.24, 2.45) is 0 Å². The third-order valence-corrected chi connectivity index (χ3v) is 6.30. The highest BCUT2D eigenvalue weighted by Gasteiger charge is 2.40. The number of pyridine rings is 1. The van der Waals surface area contributed by atoms with Crippen LogP contribution >= 0.6 is 0 Å². The van der Waals surface area contributed by atoms with E-state index in [1.165, 1.54) is 0 Å². The number of anilines is 3. The van der Waals surface area contributed by atoms with Crippen molar-refractivity contribution in [2.75, 3.05) is 35.2 Å². The summed E-state index contributed by atoms with van der Waals surface area (Å²) in [7, 11) is 0. The van der Waals surface area contributed by atoms with Gasteiger partial charge in [-0.2, -0.15) is 0 Å². The molecule has 2 unspecified atom stereocenters. The highest BCUT2D eigenvalue weighted by atomic mass is 16.3. The smallest absolute Gasteiger partial charge is 0.169 e. The molecule has 2 atom stereocenters. The van der Waals surface area contributed by atoms with E-state index in [-0.39, 0.29) is 12.4 Å². The van der Waals surface area contributed by atoms with Crippen molar-refractivity contribution < 1.29 is 10.2 Å². The van der Waals surface area contributed by atoms with Gasteiger partial charge in [0, 0.05) is 49.0 Å². The number of para-hydroxylation sites is 1. The zero-order chi connectivity index (χ0) is 22.8. The third-order valence-electron chi connectivity index (χ3n) is 6.30. The SMILES string of the molecule is Nc1nnc(-c2ccccc2O)cc1N1CC2CCC(C1)N2c1ccnc(C#CCCO)c1. The van der Waals surface area contributed by atoms with Crippen molar-refractivity contribution >= 4 is 17.2 Å². The van der Waals surface area contributed by atoms with Crippen LogP contribution in [0.25, 0.3) is 11.3 Å². The number of phenols is 1. The van der Waals surface area contributed by atoms with Gasteiger partial charge in [0.25, 0.3) is 0 Å². The molecular formula is C25H26N6O2. The number of aromatic nitrogens is 3. The van der Waals surface area contributed by atoms with E-state index in [1.807, 2.05) is 30.3 Å². The first-order valence-corrected chi connectivity index (χ1v) is 11.1. The van der Waals surface area contributed by atoms with Gasteiger partial charge in [0.05, 0.1) is 18.0 Å². The van der Waals surface area contributed by atoms with Crippen LogP contribution in [0.15, 0.2) is 48.7 Å². The average molecular weight is 443 g/mol. The van der Waals surface area contributed by atoms with Gasteiger partial charge >= 0.3 is 0 Å². The van der Waals surface area contributed by atoms with Crippen molar-refractivity contribution in [3.05, 3.63) is 54.4 Å². The molecule has 3 aromatic rings. The Morgan fingerprint density at radius 3 is 2.61 bits per heavy atom. The Bertz CT molecular complexity index is 1210. The van der Waals surface area contributed by atoms with E-state index in [0.29, 0.717) is 35.6 Å². The zero-order valence-electron chi connectivity index (χ0n) is 18.2. The number of nitrogens with zero attached hydrogens (tertiary/aromatic N) is 5. The summed E-state index contributed by atoms with van der Waals surface area (Å²) in [5.41, 5.74) is 10.2. The number of piperazine rings is 1. The summed E-state index contributed by atoms with van der Waals surface area (Å²) in [6.45, 7) is 1.69. The maximum atomic E-state index is 10.2. The molecule has 5 rings (SSSR count). The van der Waals surface area contributed by atoms with Gasteiger partial charge in [-0.25, -0.2) is 4.98 Å². The highest BCUT2D eigenvalue weighted by molar-refractivity contribution is 5.74. The number of nitrogens with two attached hydrogens (primary N) is 1. The molecule has 4 heterocycles. The maximum absolute atomic E-state index is 10.2. The topological polar surface area (TPSA) is 112 Å². The van der Waals surface area contributed by atoms with Gasteiger partial charge in [-0.1, -0.05) is 18.1 Å². The number of benzene rings is 1. The predicted octanol–water partition coefficient (Wildman–Crippen LogP) is 2.42. The summed E-state index contributed by atoms with van der Waals surface area (Å²) in [6.07, 6.45) is 4.44. The Morgan fingerprint density at radius 1 is 1.06 bits per heavy atom. The summed E-state index contributed by atoms with van der Waals surface area (Å²) < 4.78 is 0. The van der Waals surface area contributed by atoms with Crippen LogP contribution in [0.4, 0.5) is 17.2 Å². The fraction of sp³-hybridized carbons (Fsp3) is 0.320. The molecule has 2 fully saturated rings. The van der Waals surface area contributed by atoms with Crippen LogP contribution in [0.3, 0.4) is 0 Å². The van der Waals surface area contributed by atoms with Gasteiger partial charge in [0.2, 0.25) is 0 Å². The molecule has 0 radical (unpaired) electrons. The summed E-state index contributed by atoms with van der Waals surface area (Å²) >= 11 is 0. The Balaban J connectivity index is 1.40. The number of nitrogen functional groups attached to an aromatic ring is 1. The van der Waals surface area contributed by atoms with Gasteiger partial charge in [0.1, 0.15) is 11.4 Å². The molecule has 0 amide bonds. The Kier molecular flexibility index (Phi) is 5.71. The Hall–Kier alpha value is -3.83. The molecule has 8 heteroatoms. The lowest BCUT2D eigenvalue weighted by Crippen LogP contribution is -2.54. The van der Waals surface area contributed by atoms with Gasteiger partial charge in [-0.3, -0.25) is 0 Å². The summed E-state index contributed by atoms with van der Waals surface area (Å²) in [6, 6.07) is 13.8.